The number of hydrogen-bond acceptors (Lipinski definition) is 1. The Labute approximate surface area is 140 Å². The molecule has 1 aliphatic heterocycles. The molecule has 93 valence electrons. The Morgan fingerprint density at radius 2 is 2.17 bits per heavy atom. The predicted molar refractivity (Wildman–Crippen MR) is 65.1 cm³/mol. The molecule has 1 heterocycles. The molecule has 2 rings (SSSR count). The molecule has 0 spiro atoms. The summed E-state index contributed by atoms with van der Waals surface area (Å²) in [7, 11) is 1.53. The van der Waals surface area contributed by atoms with Crippen LogP contribution in [0.1, 0.15) is 12.0 Å². The van der Waals surface area contributed by atoms with Crippen LogP contribution in [0.5, 0.6) is 0 Å². The molecule has 0 aliphatic carbocycles. The molecule has 1 aliphatic rings. The number of nitrogens with zero attached hydrogens (tertiary/aromatic N) is 1. The van der Waals surface area contributed by atoms with Gasteiger partial charge in [0, 0.05) is 39.8 Å². The van der Waals surface area contributed by atoms with E-state index in [9.17, 15) is 9.18 Å². The molecule has 0 fully saturated rings. The van der Waals surface area contributed by atoms with E-state index in [0.717, 1.165) is 0 Å². The van der Waals surface area contributed by atoms with Gasteiger partial charge in [-0.3, -0.25) is 4.79 Å². The van der Waals surface area contributed by atoms with Gasteiger partial charge in [-0.1, -0.05) is 24.1 Å². The Balaban J connectivity index is 0.00000162. The average molecular weight is 362 g/mol. The van der Waals surface area contributed by atoms with Crippen molar-refractivity contribution < 1.29 is 41.9 Å². The summed E-state index contributed by atoms with van der Waals surface area (Å²) in [6.07, 6.45) is 3.17. The number of carbonyl (C=O) groups is 1. The maximum absolute atomic E-state index is 13.7. The number of allylic oxidation sites excluding steroid dienone is 1. The van der Waals surface area contributed by atoms with Gasteiger partial charge < -0.3 is 4.90 Å². The number of alkyl halides is 1. The first-order valence-corrected chi connectivity index (χ1v) is 5.80. The first-order valence-electron chi connectivity index (χ1n) is 4.99. The van der Waals surface area contributed by atoms with Crippen LogP contribution in [0, 0.1) is 11.9 Å². The van der Waals surface area contributed by atoms with Gasteiger partial charge in [-0.05, 0) is 11.1 Å². The summed E-state index contributed by atoms with van der Waals surface area (Å²) in [5, 5.41) is -0.394. The van der Waals surface area contributed by atoms with Crippen molar-refractivity contribution in [2.24, 2.45) is 0 Å². The molecule has 0 N–H and O–H groups in total. The second kappa shape index (κ2) is 6.47. The minimum atomic E-state index is -0.644. The van der Waals surface area contributed by atoms with E-state index in [2.05, 4.69) is 6.08 Å². The van der Waals surface area contributed by atoms with E-state index in [4.69, 9.17) is 23.2 Å². The van der Waals surface area contributed by atoms with Gasteiger partial charge in [0.15, 0.2) is 0 Å². The molecule has 1 unspecified atom stereocenters. The minimum absolute atomic E-state index is 0. The van der Waals surface area contributed by atoms with Crippen molar-refractivity contribution in [1.29, 1.82) is 0 Å². The zero-order valence-electron chi connectivity index (χ0n) is 9.58. The Morgan fingerprint density at radius 3 is 2.78 bits per heavy atom. The molecule has 0 aromatic heterocycles. The Hall–Kier alpha value is 0.0439. The second-order valence-electron chi connectivity index (χ2n) is 3.69. The molecule has 1 amide bonds. The molecule has 0 saturated carbocycles. The van der Waals surface area contributed by atoms with Crippen LogP contribution in [0.4, 0.5) is 4.39 Å². The van der Waals surface area contributed by atoms with Crippen molar-refractivity contribution in [1.82, 2.24) is 4.90 Å². The molecule has 18 heavy (non-hydrogen) atoms. The Kier molecular flexibility index (Phi) is 5.79. The normalized spacial score (nSPS) is 19.3. The Morgan fingerprint density at radius 1 is 1.50 bits per heavy atom. The third-order valence-electron chi connectivity index (χ3n) is 2.58. The van der Waals surface area contributed by atoms with E-state index in [0.29, 0.717) is 5.70 Å². The number of benzene rings is 1. The monoisotopic (exact) mass is 361 g/mol. The van der Waals surface area contributed by atoms with Gasteiger partial charge in [-0.2, -0.15) is 0 Å². The van der Waals surface area contributed by atoms with Gasteiger partial charge in [-0.25, -0.2) is 10.5 Å². The quantitative estimate of drug-likeness (QED) is 0.556. The van der Waals surface area contributed by atoms with Crippen molar-refractivity contribution in [3.63, 3.8) is 0 Å². The zero-order valence-corrected chi connectivity index (χ0v) is 13.9. The third kappa shape index (κ3) is 2.96. The second-order valence-corrected chi connectivity index (χ2v) is 4.62. The Bertz CT molecular complexity index is 487. The van der Waals surface area contributed by atoms with Crippen LogP contribution in [0.15, 0.2) is 18.2 Å². The van der Waals surface area contributed by atoms with Gasteiger partial charge in [-0.15, -0.1) is 28.9 Å². The number of hydrogen-bond donors (Lipinski definition) is 0. The van der Waals surface area contributed by atoms with Crippen molar-refractivity contribution in [3.05, 3.63) is 40.7 Å². The summed E-state index contributed by atoms with van der Waals surface area (Å²) < 4.78 is 13.7. The van der Waals surface area contributed by atoms with E-state index in [1.807, 2.05) is 0 Å². The largest absolute Gasteiger partial charge is 0.349 e. The fraction of sp³-hybridized carbons (Fsp3) is 0.250. The molecule has 2 nitrogen and oxygen atoms in total. The maximum Gasteiger partial charge on any atom is 0.240 e. The maximum atomic E-state index is 13.7. The first-order chi connectivity index (χ1) is 8.02. The molecule has 1 aromatic carbocycles. The summed E-state index contributed by atoms with van der Waals surface area (Å²) in [6, 6.07) is 4.37. The molecule has 1 atom stereocenters. The minimum Gasteiger partial charge on any atom is -0.349 e. The number of amides is 1. The topological polar surface area (TPSA) is 20.3 Å². The molecule has 0 bridgehead atoms. The van der Waals surface area contributed by atoms with Crippen LogP contribution in [0.3, 0.4) is 0 Å². The summed E-state index contributed by atoms with van der Waals surface area (Å²) in [5.41, 5.74) is 0.531. The zero-order chi connectivity index (χ0) is 12.6. The summed E-state index contributed by atoms with van der Waals surface area (Å²) in [5.74, 6) is -0.757. The molecule has 1 aromatic rings. The summed E-state index contributed by atoms with van der Waals surface area (Å²) >= 11 is 11.7. The fourth-order valence-electron chi connectivity index (χ4n) is 1.69. The van der Waals surface area contributed by atoms with E-state index < -0.39 is 11.2 Å². The van der Waals surface area contributed by atoms with Crippen molar-refractivity contribution in [2.75, 3.05) is 7.05 Å². The van der Waals surface area contributed by atoms with Crippen LogP contribution < -0.4 is 0 Å². The van der Waals surface area contributed by atoms with E-state index >= 15 is 0 Å². The standard InChI is InChI=1S/C12H9Cl2FNO.Y/c1-16-10(6-5-8(14)12(16)17)11-7(13)3-2-4-9(11)15;/h2-4,8H,5H2,1H3;/q-1;. The number of carbonyl (C=O) groups excluding carboxylic acids is 1. The van der Waals surface area contributed by atoms with Crippen LogP contribution in [0.2, 0.25) is 5.02 Å². The predicted octanol–water partition coefficient (Wildman–Crippen LogP) is 3.09. The van der Waals surface area contributed by atoms with Crippen molar-refractivity contribution >= 4 is 34.8 Å². The molecular formula is C12H9Cl2FNOY-. The number of halogens is 3. The summed E-state index contributed by atoms with van der Waals surface area (Å²) in [6.45, 7) is 0. The third-order valence-corrected chi connectivity index (χ3v) is 3.24. The van der Waals surface area contributed by atoms with Gasteiger partial charge >= 0.3 is 0 Å². The number of rotatable bonds is 1. The van der Waals surface area contributed by atoms with Crippen LogP contribution in [0.25, 0.3) is 5.70 Å². The van der Waals surface area contributed by atoms with Crippen LogP contribution >= 0.6 is 23.2 Å². The fourth-order valence-corrected chi connectivity index (χ4v) is 2.17. The van der Waals surface area contributed by atoms with E-state index in [1.165, 1.54) is 24.1 Å². The van der Waals surface area contributed by atoms with E-state index in [1.54, 1.807) is 6.07 Å². The van der Waals surface area contributed by atoms with E-state index in [-0.39, 0.29) is 55.6 Å². The van der Waals surface area contributed by atoms with Crippen LogP contribution in [-0.2, 0) is 37.5 Å². The molecule has 1 radical (unpaired) electrons. The SMILES string of the molecule is CN1C(=O)C(Cl)C[C-]=C1c1c(F)cccc1Cl.[Y]. The van der Waals surface area contributed by atoms with Crippen molar-refractivity contribution in [2.45, 2.75) is 11.8 Å². The molecular weight excluding hydrogens is 353 g/mol. The first kappa shape index (κ1) is 16.1. The van der Waals surface area contributed by atoms with Crippen LogP contribution in [-0.4, -0.2) is 23.2 Å². The van der Waals surface area contributed by atoms with Gasteiger partial charge in [0.05, 0.1) is 5.82 Å². The van der Waals surface area contributed by atoms with Gasteiger partial charge in [0.25, 0.3) is 0 Å². The van der Waals surface area contributed by atoms with Crippen molar-refractivity contribution in [3.8, 4) is 0 Å². The van der Waals surface area contributed by atoms with Gasteiger partial charge in [0.1, 0.15) is 5.38 Å². The smallest absolute Gasteiger partial charge is 0.240 e. The average Bonchev–Trinajstić information content (AvgIpc) is 2.29. The summed E-state index contributed by atoms with van der Waals surface area (Å²) in [4.78, 5) is 13.0. The van der Waals surface area contributed by atoms with Gasteiger partial charge in [0.2, 0.25) is 5.91 Å². The molecule has 0 saturated heterocycles. The molecule has 6 heteroatoms.